The van der Waals surface area contributed by atoms with Gasteiger partial charge < -0.3 is 33.5 Å². The van der Waals surface area contributed by atoms with Gasteiger partial charge in [-0.05, 0) is 38.1 Å². The molecule has 0 unspecified atom stereocenters. The molecule has 0 aliphatic carbocycles. The smallest absolute Gasteiger partial charge is 0.338 e. The molecule has 9 nitrogen and oxygen atoms in total. The Morgan fingerprint density at radius 2 is 1.31 bits per heavy atom. The van der Waals surface area contributed by atoms with Crippen LogP contribution in [0.15, 0.2) is 60.7 Å². The molecule has 194 valence electrons. The lowest BCUT2D eigenvalue weighted by Crippen LogP contribution is -2.55. The van der Waals surface area contributed by atoms with Gasteiger partial charge in [-0.25, -0.2) is 9.59 Å². The second-order valence-electron chi connectivity index (χ2n) is 8.96. The zero-order valence-corrected chi connectivity index (χ0v) is 20.5. The standard InChI is InChI=1S/C27H32O9/c1-16-24(28)20(35-26(29)18-10-6-4-7-11-18)14-23(32-16)34-21-15-22(31-3)33-17(2)25(21)36-27(30)19-12-8-5-9-13-19/h4-13,16-17,20-25,28H,14-15H2,1-3H3/t16-,17-,20+,21-,22-,23+,24-,25-/m1/s1. The molecule has 2 aromatic carbocycles. The van der Waals surface area contributed by atoms with Crippen LogP contribution in [-0.4, -0.2) is 73.4 Å². The van der Waals surface area contributed by atoms with E-state index < -0.39 is 61.1 Å². The van der Waals surface area contributed by atoms with Crippen molar-refractivity contribution in [2.75, 3.05) is 7.11 Å². The molecular formula is C27H32O9. The maximum atomic E-state index is 12.8. The van der Waals surface area contributed by atoms with E-state index in [-0.39, 0.29) is 6.42 Å². The van der Waals surface area contributed by atoms with Crippen molar-refractivity contribution in [3.63, 3.8) is 0 Å². The van der Waals surface area contributed by atoms with E-state index in [1.807, 2.05) is 6.07 Å². The minimum Gasteiger partial charge on any atom is -0.456 e. The summed E-state index contributed by atoms with van der Waals surface area (Å²) < 4.78 is 34.8. The van der Waals surface area contributed by atoms with Gasteiger partial charge in [0.25, 0.3) is 0 Å². The fraction of sp³-hybridized carbons (Fsp3) is 0.481. The summed E-state index contributed by atoms with van der Waals surface area (Å²) in [6.07, 6.45) is -5.37. The highest BCUT2D eigenvalue weighted by Crippen LogP contribution is 2.31. The van der Waals surface area contributed by atoms with E-state index in [1.54, 1.807) is 68.4 Å². The molecule has 0 amide bonds. The van der Waals surface area contributed by atoms with Gasteiger partial charge in [-0.15, -0.1) is 0 Å². The molecule has 8 atom stereocenters. The number of esters is 2. The van der Waals surface area contributed by atoms with Gasteiger partial charge >= 0.3 is 11.9 Å². The maximum Gasteiger partial charge on any atom is 0.338 e. The zero-order valence-electron chi connectivity index (χ0n) is 20.5. The van der Waals surface area contributed by atoms with Crippen molar-refractivity contribution in [1.29, 1.82) is 0 Å². The van der Waals surface area contributed by atoms with Crippen LogP contribution < -0.4 is 0 Å². The third kappa shape index (κ3) is 6.29. The summed E-state index contributed by atoms with van der Waals surface area (Å²) in [5.41, 5.74) is 0.797. The number of benzene rings is 2. The van der Waals surface area contributed by atoms with Crippen molar-refractivity contribution in [1.82, 2.24) is 0 Å². The molecule has 2 saturated heterocycles. The molecule has 36 heavy (non-hydrogen) atoms. The number of aliphatic hydroxyl groups is 1. The molecule has 0 spiro atoms. The Balaban J connectivity index is 1.46. The highest BCUT2D eigenvalue weighted by atomic mass is 16.7. The molecular weight excluding hydrogens is 468 g/mol. The second kappa shape index (κ2) is 11.9. The molecule has 1 N–H and O–H groups in total. The summed E-state index contributed by atoms with van der Waals surface area (Å²) in [5, 5.41) is 10.6. The predicted molar refractivity (Wildman–Crippen MR) is 127 cm³/mol. The first kappa shape index (κ1) is 26.2. The molecule has 2 heterocycles. The normalized spacial score (nSPS) is 32.4. The van der Waals surface area contributed by atoms with Gasteiger partial charge in [0, 0.05) is 20.0 Å². The van der Waals surface area contributed by atoms with Crippen LogP contribution in [0.5, 0.6) is 0 Å². The van der Waals surface area contributed by atoms with Gasteiger partial charge in [0.05, 0.1) is 23.3 Å². The van der Waals surface area contributed by atoms with E-state index >= 15 is 0 Å². The van der Waals surface area contributed by atoms with Gasteiger partial charge in [-0.3, -0.25) is 0 Å². The predicted octanol–water partition coefficient (Wildman–Crippen LogP) is 3.10. The fourth-order valence-corrected chi connectivity index (χ4v) is 4.41. The minimum absolute atomic E-state index is 0.104. The van der Waals surface area contributed by atoms with Crippen LogP contribution in [0.25, 0.3) is 0 Å². The first-order chi connectivity index (χ1) is 17.4. The van der Waals surface area contributed by atoms with Gasteiger partial charge in [0.1, 0.15) is 18.3 Å². The molecule has 0 bridgehead atoms. The average Bonchev–Trinajstić information content (AvgIpc) is 2.89. The Morgan fingerprint density at radius 3 is 1.89 bits per heavy atom. The van der Waals surface area contributed by atoms with Crippen molar-refractivity contribution >= 4 is 11.9 Å². The first-order valence-electron chi connectivity index (χ1n) is 12.0. The Kier molecular flexibility index (Phi) is 8.71. The number of methoxy groups -OCH3 is 1. The third-order valence-electron chi connectivity index (χ3n) is 6.38. The molecule has 2 aromatic rings. The number of aliphatic hydroxyl groups excluding tert-OH is 1. The van der Waals surface area contributed by atoms with Crippen molar-refractivity contribution < 1.29 is 43.1 Å². The van der Waals surface area contributed by atoms with Crippen LogP contribution in [0.4, 0.5) is 0 Å². The zero-order chi connectivity index (χ0) is 25.7. The van der Waals surface area contributed by atoms with Crippen LogP contribution in [0.1, 0.15) is 47.4 Å². The molecule has 2 aliphatic heterocycles. The SMILES string of the molecule is CO[C@H]1C[C@@H](O[C@H]2C[C@H](OC(=O)c3ccccc3)[C@H](O)[C@@H](C)O2)[C@H](OC(=O)c2ccccc2)[C@@H](C)O1. The monoisotopic (exact) mass is 500 g/mol. The van der Waals surface area contributed by atoms with Gasteiger partial charge in [0.15, 0.2) is 18.7 Å². The van der Waals surface area contributed by atoms with E-state index in [2.05, 4.69) is 0 Å². The van der Waals surface area contributed by atoms with Gasteiger partial charge in [0.2, 0.25) is 0 Å². The van der Waals surface area contributed by atoms with Crippen LogP contribution in [0, 0.1) is 0 Å². The van der Waals surface area contributed by atoms with E-state index in [1.165, 1.54) is 7.11 Å². The number of ether oxygens (including phenoxy) is 6. The van der Waals surface area contributed by atoms with Gasteiger partial charge in [-0.2, -0.15) is 0 Å². The Bertz CT molecular complexity index is 999. The van der Waals surface area contributed by atoms with E-state index in [0.717, 1.165) is 0 Å². The largest absolute Gasteiger partial charge is 0.456 e. The Morgan fingerprint density at radius 1 is 0.778 bits per heavy atom. The Hall–Kier alpha value is -2.82. The van der Waals surface area contributed by atoms with Crippen LogP contribution in [-0.2, 0) is 28.4 Å². The number of hydrogen-bond donors (Lipinski definition) is 1. The molecule has 0 saturated carbocycles. The van der Waals surface area contributed by atoms with Crippen molar-refractivity contribution in [2.24, 2.45) is 0 Å². The summed E-state index contributed by atoms with van der Waals surface area (Å²) in [5.74, 6) is -1.04. The molecule has 4 rings (SSSR count). The number of rotatable bonds is 7. The lowest BCUT2D eigenvalue weighted by atomic mass is 10.00. The van der Waals surface area contributed by atoms with Crippen molar-refractivity contribution in [3.8, 4) is 0 Å². The van der Waals surface area contributed by atoms with E-state index in [4.69, 9.17) is 28.4 Å². The summed E-state index contributed by atoms with van der Waals surface area (Å²) in [7, 11) is 1.53. The highest BCUT2D eigenvalue weighted by molar-refractivity contribution is 5.89. The summed E-state index contributed by atoms with van der Waals surface area (Å²) >= 11 is 0. The molecule has 0 aromatic heterocycles. The van der Waals surface area contributed by atoms with Crippen LogP contribution >= 0.6 is 0 Å². The third-order valence-corrected chi connectivity index (χ3v) is 6.38. The van der Waals surface area contributed by atoms with Gasteiger partial charge in [-0.1, -0.05) is 36.4 Å². The lowest BCUT2D eigenvalue weighted by molar-refractivity contribution is -0.302. The second-order valence-corrected chi connectivity index (χ2v) is 8.96. The Labute approximate surface area is 210 Å². The number of carbonyl (C=O) groups is 2. The van der Waals surface area contributed by atoms with Crippen molar-refractivity contribution in [2.45, 2.75) is 75.9 Å². The fourth-order valence-electron chi connectivity index (χ4n) is 4.41. The number of carbonyl (C=O) groups excluding carboxylic acids is 2. The average molecular weight is 501 g/mol. The maximum absolute atomic E-state index is 12.8. The molecule has 0 radical (unpaired) electrons. The van der Waals surface area contributed by atoms with Crippen molar-refractivity contribution in [3.05, 3.63) is 71.8 Å². The molecule has 2 fully saturated rings. The van der Waals surface area contributed by atoms with E-state index in [9.17, 15) is 14.7 Å². The lowest BCUT2D eigenvalue weighted by Gasteiger charge is -2.43. The highest BCUT2D eigenvalue weighted by Gasteiger charge is 2.45. The van der Waals surface area contributed by atoms with E-state index in [0.29, 0.717) is 17.5 Å². The first-order valence-corrected chi connectivity index (χ1v) is 12.0. The number of hydrogen-bond acceptors (Lipinski definition) is 9. The molecule has 9 heteroatoms. The summed E-state index contributed by atoms with van der Waals surface area (Å²) in [4.78, 5) is 25.4. The van der Waals surface area contributed by atoms with Crippen LogP contribution in [0.2, 0.25) is 0 Å². The molecule has 2 aliphatic rings. The summed E-state index contributed by atoms with van der Waals surface area (Å²) in [6.45, 7) is 3.46. The summed E-state index contributed by atoms with van der Waals surface area (Å²) in [6, 6.07) is 17.2. The van der Waals surface area contributed by atoms with Crippen LogP contribution in [0.3, 0.4) is 0 Å². The quantitative estimate of drug-likeness (QED) is 0.574. The topological polar surface area (TPSA) is 110 Å². The minimum atomic E-state index is -1.02.